The van der Waals surface area contributed by atoms with Gasteiger partial charge in [0, 0.05) is 56.2 Å². The van der Waals surface area contributed by atoms with Crippen LogP contribution in [0.3, 0.4) is 0 Å². The Labute approximate surface area is 148 Å². The Morgan fingerprint density at radius 3 is 2.71 bits per heavy atom. The number of nitrogens with one attached hydrogen (secondary N) is 1. The first-order valence-corrected chi connectivity index (χ1v) is 8.65. The highest BCUT2D eigenvalue weighted by molar-refractivity contribution is 6.30. The zero-order valence-electron chi connectivity index (χ0n) is 14.5. The fraction of sp³-hybridized carbons (Fsp3) is 0.444. The molecule has 0 bridgehead atoms. The van der Waals surface area contributed by atoms with E-state index in [0.717, 1.165) is 48.4 Å². The van der Waals surface area contributed by atoms with Crippen molar-refractivity contribution in [2.45, 2.75) is 25.9 Å². The first-order chi connectivity index (χ1) is 11.5. The van der Waals surface area contributed by atoms with Gasteiger partial charge in [-0.25, -0.2) is 9.97 Å². The van der Waals surface area contributed by atoms with Crippen LogP contribution in [0.2, 0.25) is 5.02 Å². The van der Waals surface area contributed by atoms with Crippen molar-refractivity contribution >= 4 is 23.2 Å². The van der Waals surface area contributed by atoms with Crippen LogP contribution in [0.25, 0.3) is 0 Å². The van der Waals surface area contributed by atoms with Gasteiger partial charge in [-0.05, 0) is 43.7 Å². The third-order valence-corrected chi connectivity index (χ3v) is 4.50. The summed E-state index contributed by atoms with van der Waals surface area (Å²) in [6.45, 7) is 4.84. The summed E-state index contributed by atoms with van der Waals surface area (Å²) in [4.78, 5) is 13.4. The smallest absolute Gasteiger partial charge is 0.225 e. The summed E-state index contributed by atoms with van der Waals surface area (Å²) < 4.78 is 0. The van der Waals surface area contributed by atoms with Crippen LogP contribution >= 0.6 is 11.6 Å². The molecule has 6 heteroatoms. The Hall–Kier alpha value is -1.85. The average molecular weight is 346 g/mol. The molecular weight excluding hydrogens is 322 g/mol. The molecule has 0 radical (unpaired) electrons. The van der Waals surface area contributed by atoms with Gasteiger partial charge >= 0.3 is 0 Å². The topological polar surface area (TPSA) is 44.3 Å². The summed E-state index contributed by atoms with van der Waals surface area (Å²) in [6.07, 6.45) is 1.13. The molecule has 1 saturated heterocycles. The molecule has 1 atom stereocenters. The second-order valence-corrected chi connectivity index (χ2v) is 6.92. The highest BCUT2D eigenvalue weighted by atomic mass is 35.5. The number of hydrogen-bond acceptors (Lipinski definition) is 5. The highest BCUT2D eigenvalue weighted by Crippen LogP contribution is 2.22. The minimum Gasteiger partial charge on any atom is -0.370 e. The molecule has 0 spiro atoms. The zero-order valence-corrected chi connectivity index (χ0v) is 15.2. The van der Waals surface area contributed by atoms with Gasteiger partial charge in [0.05, 0.1) is 5.69 Å². The normalized spacial score (nSPS) is 17.3. The van der Waals surface area contributed by atoms with E-state index in [4.69, 9.17) is 11.6 Å². The molecule has 1 N–H and O–H groups in total. The van der Waals surface area contributed by atoms with Gasteiger partial charge in [0.25, 0.3) is 0 Å². The molecule has 128 valence electrons. The largest absolute Gasteiger partial charge is 0.370 e. The Bertz CT molecular complexity index is 686. The van der Waals surface area contributed by atoms with Crippen molar-refractivity contribution in [3.8, 4) is 0 Å². The average Bonchev–Trinajstić information content (AvgIpc) is 3.02. The van der Waals surface area contributed by atoms with E-state index in [1.807, 2.05) is 44.1 Å². The SMILES string of the molecule is Cc1cc(CN[C@@H]2CCN(c3ccc(Cl)cc3)C2)nc(N(C)C)n1. The maximum atomic E-state index is 5.97. The third-order valence-electron chi connectivity index (χ3n) is 4.25. The molecule has 1 aromatic carbocycles. The quantitative estimate of drug-likeness (QED) is 0.902. The molecule has 0 saturated carbocycles. The molecule has 3 rings (SSSR count). The standard InChI is InChI=1S/C18H24ClN5/c1-13-10-16(22-18(21-13)23(2)3)11-20-15-8-9-24(12-15)17-6-4-14(19)5-7-17/h4-7,10,15,20H,8-9,11-12H2,1-3H3/t15-/m1/s1. The predicted molar refractivity (Wildman–Crippen MR) is 100 cm³/mol. The van der Waals surface area contributed by atoms with Gasteiger partial charge in [0.15, 0.2) is 0 Å². The summed E-state index contributed by atoms with van der Waals surface area (Å²) in [5, 5.41) is 4.41. The zero-order chi connectivity index (χ0) is 17.1. The molecule has 1 aromatic heterocycles. The molecule has 1 aliphatic heterocycles. The number of nitrogens with zero attached hydrogens (tertiary/aromatic N) is 4. The molecule has 1 fully saturated rings. The highest BCUT2D eigenvalue weighted by Gasteiger charge is 2.22. The van der Waals surface area contributed by atoms with Crippen LogP contribution in [0.5, 0.6) is 0 Å². The van der Waals surface area contributed by atoms with E-state index in [-0.39, 0.29) is 0 Å². The number of benzene rings is 1. The molecule has 2 aromatic rings. The van der Waals surface area contributed by atoms with Crippen LogP contribution in [-0.4, -0.2) is 43.2 Å². The molecule has 5 nitrogen and oxygen atoms in total. The molecule has 0 amide bonds. The minimum atomic E-state index is 0.471. The molecule has 1 aliphatic rings. The maximum Gasteiger partial charge on any atom is 0.225 e. The third kappa shape index (κ3) is 4.16. The van der Waals surface area contributed by atoms with Crippen molar-refractivity contribution in [3.63, 3.8) is 0 Å². The van der Waals surface area contributed by atoms with Crippen LogP contribution in [0.15, 0.2) is 30.3 Å². The lowest BCUT2D eigenvalue weighted by Gasteiger charge is -2.19. The fourth-order valence-corrected chi connectivity index (χ4v) is 3.10. The molecule has 2 heterocycles. The maximum absolute atomic E-state index is 5.97. The first-order valence-electron chi connectivity index (χ1n) is 8.27. The van der Waals surface area contributed by atoms with Crippen molar-refractivity contribution in [3.05, 3.63) is 46.7 Å². The van der Waals surface area contributed by atoms with E-state index in [9.17, 15) is 0 Å². The van der Waals surface area contributed by atoms with Crippen molar-refractivity contribution in [1.29, 1.82) is 0 Å². The summed E-state index contributed by atoms with van der Waals surface area (Å²) in [5.41, 5.74) is 3.27. The van der Waals surface area contributed by atoms with Crippen LogP contribution < -0.4 is 15.1 Å². The minimum absolute atomic E-state index is 0.471. The monoisotopic (exact) mass is 345 g/mol. The van der Waals surface area contributed by atoms with Gasteiger partial charge in [-0.2, -0.15) is 0 Å². The number of rotatable bonds is 5. The Morgan fingerprint density at radius 2 is 2.00 bits per heavy atom. The molecule has 0 aliphatic carbocycles. The number of anilines is 2. The molecular formula is C18H24ClN5. The van der Waals surface area contributed by atoms with Gasteiger partial charge in [0.1, 0.15) is 0 Å². The molecule has 24 heavy (non-hydrogen) atoms. The van der Waals surface area contributed by atoms with Gasteiger partial charge < -0.3 is 15.1 Å². The van der Waals surface area contributed by atoms with E-state index in [2.05, 4.69) is 32.3 Å². The van der Waals surface area contributed by atoms with Crippen LogP contribution in [0, 0.1) is 6.92 Å². The van der Waals surface area contributed by atoms with Gasteiger partial charge in [-0.3, -0.25) is 0 Å². The summed E-state index contributed by atoms with van der Waals surface area (Å²) >= 11 is 5.97. The molecule has 0 unspecified atom stereocenters. The van der Waals surface area contributed by atoms with E-state index in [0.29, 0.717) is 6.04 Å². The van der Waals surface area contributed by atoms with Gasteiger partial charge in [-0.1, -0.05) is 11.6 Å². The second-order valence-electron chi connectivity index (χ2n) is 6.48. The lowest BCUT2D eigenvalue weighted by atomic mass is 10.2. The van der Waals surface area contributed by atoms with Gasteiger partial charge in [0.2, 0.25) is 5.95 Å². The van der Waals surface area contributed by atoms with Crippen LogP contribution in [-0.2, 0) is 6.54 Å². The second kappa shape index (κ2) is 7.36. The van der Waals surface area contributed by atoms with Crippen LogP contribution in [0.1, 0.15) is 17.8 Å². The van der Waals surface area contributed by atoms with Crippen molar-refractivity contribution in [1.82, 2.24) is 15.3 Å². The first kappa shape index (κ1) is 17.0. The summed E-state index contributed by atoms with van der Waals surface area (Å²) in [5.74, 6) is 0.765. The lowest BCUT2D eigenvalue weighted by molar-refractivity contribution is 0.545. The van der Waals surface area contributed by atoms with Crippen molar-refractivity contribution in [2.75, 3.05) is 37.0 Å². The number of halogens is 1. The van der Waals surface area contributed by atoms with Gasteiger partial charge in [-0.15, -0.1) is 0 Å². The van der Waals surface area contributed by atoms with E-state index >= 15 is 0 Å². The summed E-state index contributed by atoms with van der Waals surface area (Å²) in [7, 11) is 3.93. The predicted octanol–water partition coefficient (Wildman–Crippen LogP) is 2.87. The van der Waals surface area contributed by atoms with Crippen molar-refractivity contribution in [2.24, 2.45) is 0 Å². The number of aromatic nitrogens is 2. The number of aryl methyl sites for hydroxylation is 1. The fourth-order valence-electron chi connectivity index (χ4n) is 2.97. The number of hydrogen-bond donors (Lipinski definition) is 1. The van der Waals surface area contributed by atoms with E-state index in [1.54, 1.807) is 0 Å². The van der Waals surface area contributed by atoms with Crippen molar-refractivity contribution < 1.29 is 0 Å². The lowest BCUT2D eigenvalue weighted by Crippen LogP contribution is -2.32. The van der Waals surface area contributed by atoms with E-state index in [1.165, 1.54) is 5.69 Å². The van der Waals surface area contributed by atoms with Crippen LogP contribution in [0.4, 0.5) is 11.6 Å². The summed E-state index contributed by atoms with van der Waals surface area (Å²) in [6, 6.07) is 10.6. The Kier molecular flexibility index (Phi) is 5.21. The Morgan fingerprint density at radius 1 is 1.25 bits per heavy atom. The Balaban J connectivity index is 1.57. The van der Waals surface area contributed by atoms with E-state index < -0.39 is 0 Å².